The lowest BCUT2D eigenvalue weighted by Gasteiger charge is -2.42. The van der Waals surface area contributed by atoms with Crippen molar-refractivity contribution in [2.45, 2.75) is 36.0 Å². The first-order valence-corrected chi connectivity index (χ1v) is 26.6. The van der Waals surface area contributed by atoms with Crippen molar-refractivity contribution in [1.29, 1.82) is 0 Å². The van der Waals surface area contributed by atoms with Gasteiger partial charge in [-0.05, 0) is 109 Å². The maximum atomic E-state index is 2.64. The van der Waals surface area contributed by atoms with E-state index in [1.54, 1.807) is 0 Å². The summed E-state index contributed by atoms with van der Waals surface area (Å²) in [6.07, 6.45) is 0. The lowest BCUT2D eigenvalue weighted by molar-refractivity contribution is 0.591. The molecular formula is C70H51BN2S. The third-order valence-electron chi connectivity index (χ3n) is 15.4. The van der Waals surface area contributed by atoms with E-state index in [0.29, 0.717) is 0 Å². The molecule has 14 rings (SSSR count). The van der Waals surface area contributed by atoms with Crippen molar-refractivity contribution < 1.29 is 0 Å². The largest absolute Gasteiger partial charge is 0.310 e. The molecule has 0 saturated carbocycles. The lowest BCUT2D eigenvalue weighted by atomic mass is 9.34. The van der Waals surface area contributed by atoms with Crippen LogP contribution in [0.2, 0.25) is 0 Å². The standard InChI is InChI=1S/C70H51BN2S/c1-70(2,3)52-37-39-63-59(43-52)58-31-18-19-34-62(58)72(63)53-44-65-68-67(45-53)74-66-40-36-51(55-30-17-16-29-54(55)47-23-10-5-11-24-47)42-61(66)71(68)60-41-50(46-21-8-4-9-22-46)35-38-64(60)73(65)69-56(48-25-12-6-13-26-48)32-20-33-57(69)49-27-14-7-15-28-49/h4-45H,1-3H3. The van der Waals surface area contributed by atoms with E-state index < -0.39 is 0 Å². The number of para-hydroxylation sites is 2. The van der Waals surface area contributed by atoms with Gasteiger partial charge in [0.15, 0.2) is 0 Å². The van der Waals surface area contributed by atoms with E-state index in [4.69, 9.17) is 0 Å². The molecule has 1 aromatic heterocycles. The number of aromatic nitrogens is 1. The van der Waals surface area contributed by atoms with E-state index in [-0.39, 0.29) is 12.1 Å². The Bertz CT molecular complexity index is 4080. The Morgan fingerprint density at radius 2 is 0.905 bits per heavy atom. The van der Waals surface area contributed by atoms with E-state index in [0.717, 1.165) is 11.4 Å². The van der Waals surface area contributed by atoms with Crippen molar-refractivity contribution in [3.05, 3.63) is 260 Å². The van der Waals surface area contributed by atoms with Crippen LogP contribution in [0.25, 0.3) is 83.1 Å². The van der Waals surface area contributed by atoms with E-state index in [1.807, 2.05) is 11.8 Å². The van der Waals surface area contributed by atoms with Gasteiger partial charge in [0, 0.05) is 48.8 Å². The van der Waals surface area contributed by atoms with Crippen molar-refractivity contribution >= 4 is 73.7 Å². The van der Waals surface area contributed by atoms with Crippen molar-refractivity contribution in [3.8, 4) is 61.3 Å². The highest BCUT2D eigenvalue weighted by molar-refractivity contribution is 8.00. The maximum Gasteiger partial charge on any atom is 0.249 e. The molecule has 3 heterocycles. The first-order valence-electron chi connectivity index (χ1n) is 25.8. The number of rotatable bonds is 7. The molecule has 12 aromatic rings. The van der Waals surface area contributed by atoms with Crippen molar-refractivity contribution in [2.24, 2.45) is 0 Å². The molecule has 2 aliphatic heterocycles. The Morgan fingerprint density at radius 1 is 0.365 bits per heavy atom. The van der Waals surface area contributed by atoms with Gasteiger partial charge >= 0.3 is 0 Å². The second-order valence-corrected chi connectivity index (χ2v) is 21.9. The van der Waals surface area contributed by atoms with Crippen LogP contribution < -0.4 is 21.3 Å². The molecule has 2 nitrogen and oxygen atoms in total. The zero-order chi connectivity index (χ0) is 49.5. The monoisotopic (exact) mass is 962 g/mol. The number of hydrogen-bond donors (Lipinski definition) is 0. The molecule has 11 aromatic carbocycles. The van der Waals surface area contributed by atoms with Crippen LogP contribution >= 0.6 is 11.8 Å². The topological polar surface area (TPSA) is 8.17 Å². The molecule has 0 radical (unpaired) electrons. The highest BCUT2D eigenvalue weighted by atomic mass is 32.2. The van der Waals surface area contributed by atoms with Gasteiger partial charge < -0.3 is 9.47 Å². The van der Waals surface area contributed by atoms with Crippen LogP contribution in [-0.4, -0.2) is 11.3 Å². The fourth-order valence-corrected chi connectivity index (χ4v) is 13.1. The van der Waals surface area contributed by atoms with Crippen molar-refractivity contribution in [2.75, 3.05) is 4.90 Å². The summed E-state index contributed by atoms with van der Waals surface area (Å²) in [7, 11) is 0. The van der Waals surface area contributed by atoms with Gasteiger partial charge in [0.1, 0.15) is 0 Å². The summed E-state index contributed by atoms with van der Waals surface area (Å²) < 4.78 is 2.52. The summed E-state index contributed by atoms with van der Waals surface area (Å²) in [5.74, 6) is 0. The van der Waals surface area contributed by atoms with Crippen LogP contribution in [0, 0.1) is 0 Å². The molecule has 0 saturated heterocycles. The number of nitrogens with zero attached hydrogens (tertiary/aromatic N) is 2. The summed E-state index contributed by atoms with van der Waals surface area (Å²) in [4.78, 5) is 5.19. The summed E-state index contributed by atoms with van der Waals surface area (Å²) >= 11 is 1.92. The van der Waals surface area contributed by atoms with Crippen molar-refractivity contribution in [3.63, 3.8) is 0 Å². The molecule has 4 heteroatoms. The lowest BCUT2D eigenvalue weighted by Crippen LogP contribution is -2.60. The minimum absolute atomic E-state index is 0.00674. The second-order valence-electron chi connectivity index (χ2n) is 20.8. The van der Waals surface area contributed by atoms with Gasteiger partial charge in [0.25, 0.3) is 0 Å². The predicted molar refractivity (Wildman–Crippen MR) is 317 cm³/mol. The van der Waals surface area contributed by atoms with Crippen LogP contribution in [0.3, 0.4) is 0 Å². The normalized spacial score (nSPS) is 12.7. The average molecular weight is 963 g/mol. The number of anilines is 3. The van der Waals surface area contributed by atoms with Gasteiger partial charge in [-0.15, -0.1) is 0 Å². The van der Waals surface area contributed by atoms with Gasteiger partial charge in [-0.25, -0.2) is 0 Å². The van der Waals surface area contributed by atoms with Crippen LogP contribution in [0.5, 0.6) is 0 Å². The Kier molecular flexibility index (Phi) is 10.5. The summed E-state index contributed by atoms with van der Waals surface area (Å²) in [6.45, 7) is 6.86. The minimum atomic E-state index is -0.0689. The number of fused-ring (bicyclic) bond motifs is 7. The first kappa shape index (κ1) is 44.2. The molecule has 0 N–H and O–H groups in total. The Labute approximate surface area is 438 Å². The fraction of sp³-hybridized carbons (Fsp3) is 0.0571. The van der Waals surface area contributed by atoms with Crippen molar-refractivity contribution in [1.82, 2.24) is 4.57 Å². The quantitative estimate of drug-likeness (QED) is 0.147. The highest BCUT2D eigenvalue weighted by Crippen LogP contribution is 2.51. The van der Waals surface area contributed by atoms with Gasteiger partial charge in [-0.2, -0.15) is 0 Å². The van der Waals surface area contributed by atoms with E-state index in [1.165, 1.54) is 121 Å². The van der Waals surface area contributed by atoms with Gasteiger partial charge in [0.05, 0.1) is 16.7 Å². The Hall–Kier alpha value is -8.57. The first-order chi connectivity index (χ1) is 36.4. The van der Waals surface area contributed by atoms with Gasteiger partial charge in [-0.3, -0.25) is 0 Å². The molecular weight excluding hydrogens is 912 g/mol. The molecule has 350 valence electrons. The van der Waals surface area contributed by atoms with Gasteiger partial charge in [-0.1, -0.05) is 250 Å². The molecule has 0 amide bonds. The smallest absolute Gasteiger partial charge is 0.249 e. The molecule has 0 bridgehead atoms. The summed E-state index contributed by atoms with van der Waals surface area (Å²) in [5.41, 5.74) is 24.4. The molecule has 0 spiro atoms. The Morgan fingerprint density at radius 3 is 1.57 bits per heavy atom. The SMILES string of the molecule is CC(C)(C)c1ccc2c(c1)c1ccccc1n2-c1cc2c3c(c1)N(c1c(-c4ccccc4)cccc1-c1ccccc1)c1ccc(-c4ccccc4)cc1B3c1cc(-c3ccccc3-c3ccccc3)ccc1S2. The van der Waals surface area contributed by atoms with Crippen LogP contribution in [0.15, 0.2) is 265 Å². The number of benzene rings is 11. The molecule has 2 aliphatic rings. The van der Waals surface area contributed by atoms with E-state index >= 15 is 0 Å². The Balaban J connectivity index is 1.10. The average Bonchev–Trinajstić information content (AvgIpc) is 3.83. The molecule has 0 atom stereocenters. The number of hydrogen-bond acceptors (Lipinski definition) is 2. The minimum Gasteiger partial charge on any atom is -0.310 e. The maximum absolute atomic E-state index is 2.64. The highest BCUT2D eigenvalue weighted by Gasteiger charge is 2.43. The second kappa shape index (κ2) is 17.6. The summed E-state index contributed by atoms with van der Waals surface area (Å²) in [5, 5.41) is 2.53. The molecule has 74 heavy (non-hydrogen) atoms. The third kappa shape index (κ3) is 7.27. The van der Waals surface area contributed by atoms with Gasteiger partial charge in [0.2, 0.25) is 6.71 Å². The van der Waals surface area contributed by atoms with Crippen LogP contribution in [0.1, 0.15) is 26.3 Å². The third-order valence-corrected chi connectivity index (χ3v) is 16.6. The van der Waals surface area contributed by atoms with Crippen LogP contribution in [-0.2, 0) is 5.41 Å². The molecule has 0 aliphatic carbocycles. The summed E-state index contributed by atoms with van der Waals surface area (Å²) in [6, 6.07) is 95.0. The molecule has 0 unspecified atom stereocenters. The molecule has 0 fully saturated rings. The zero-order valence-corrected chi connectivity index (χ0v) is 42.4. The van der Waals surface area contributed by atoms with E-state index in [9.17, 15) is 0 Å². The fourth-order valence-electron chi connectivity index (χ4n) is 11.9. The van der Waals surface area contributed by atoms with Crippen LogP contribution in [0.4, 0.5) is 17.1 Å². The predicted octanol–water partition coefficient (Wildman–Crippen LogP) is 17.2. The zero-order valence-electron chi connectivity index (χ0n) is 41.6. The van der Waals surface area contributed by atoms with E-state index in [2.05, 4.69) is 285 Å².